The number of nitrogens with one attached hydrogen (secondary N) is 1. The van der Waals surface area contributed by atoms with Gasteiger partial charge in [-0.2, -0.15) is 5.10 Å². The zero-order chi connectivity index (χ0) is 20.0. The van der Waals surface area contributed by atoms with Crippen molar-refractivity contribution in [2.45, 2.75) is 58.0 Å². The minimum atomic E-state index is -0.0951. The molecule has 1 amide bonds. The van der Waals surface area contributed by atoms with Gasteiger partial charge in [-0.05, 0) is 50.3 Å². The predicted molar refractivity (Wildman–Crippen MR) is 112 cm³/mol. The fraction of sp³-hybridized carbons (Fsp3) is 0.409. The Kier molecular flexibility index (Phi) is 4.66. The summed E-state index contributed by atoms with van der Waals surface area (Å²) in [6.07, 6.45) is 9.31. The highest BCUT2D eigenvalue weighted by Gasteiger charge is 2.33. The number of benzene rings is 1. The largest absolute Gasteiger partial charge is 0.346 e. The molecule has 1 N–H and O–H groups in total. The third-order valence-electron chi connectivity index (χ3n) is 5.80. The Hall–Kier alpha value is -2.60. The van der Waals surface area contributed by atoms with E-state index in [1.165, 1.54) is 12.8 Å². The lowest BCUT2D eigenvalue weighted by atomic mass is 10.1. The zero-order valence-corrected chi connectivity index (χ0v) is 17.2. The summed E-state index contributed by atoms with van der Waals surface area (Å²) in [6, 6.07) is 5.89. The minimum absolute atomic E-state index is 0.0951. The Balaban J connectivity index is 1.37. The fourth-order valence-electron chi connectivity index (χ4n) is 4.02. The van der Waals surface area contributed by atoms with Crippen LogP contribution in [0.15, 0.2) is 30.6 Å². The number of aryl methyl sites for hydroxylation is 3. The van der Waals surface area contributed by atoms with Gasteiger partial charge in [0.2, 0.25) is 0 Å². The fourth-order valence-corrected chi connectivity index (χ4v) is 4.20. The molecule has 0 saturated heterocycles. The van der Waals surface area contributed by atoms with Crippen molar-refractivity contribution in [1.29, 1.82) is 0 Å². The average molecular weight is 410 g/mol. The Morgan fingerprint density at radius 2 is 2.17 bits per heavy atom. The molecule has 0 bridgehead atoms. The van der Waals surface area contributed by atoms with Gasteiger partial charge in [0.25, 0.3) is 5.91 Å². The second kappa shape index (κ2) is 7.34. The molecule has 29 heavy (non-hydrogen) atoms. The van der Waals surface area contributed by atoms with Gasteiger partial charge in [0.15, 0.2) is 0 Å². The van der Waals surface area contributed by atoms with Crippen molar-refractivity contribution in [2.75, 3.05) is 0 Å². The molecule has 0 unspecified atom stereocenters. The van der Waals surface area contributed by atoms with E-state index in [-0.39, 0.29) is 5.91 Å². The van der Waals surface area contributed by atoms with Crippen LogP contribution in [0.5, 0.6) is 0 Å². The number of halogens is 1. The van der Waals surface area contributed by atoms with Crippen LogP contribution in [0.25, 0.3) is 5.69 Å². The van der Waals surface area contributed by atoms with Crippen LogP contribution < -0.4 is 5.32 Å². The molecule has 0 radical (unpaired) electrons. The maximum absolute atomic E-state index is 13.0. The van der Waals surface area contributed by atoms with E-state index in [1.807, 2.05) is 29.8 Å². The lowest BCUT2D eigenvalue weighted by molar-refractivity contribution is 0.0949. The van der Waals surface area contributed by atoms with Crippen LogP contribution in [0.3, 0.4) is 0 Å². The molecular weight excluding hydrogens is 386 g/mol. The molecule has 2 aliphatic rings. The van der Waals surface area contributed by atoms with E-state index in [2.05, 4.69) is 26.2 Å². The molecular formula is C22H24ClN5O. The molecule has 5 rings (SSSR count). The summed E-state index contributed by atoms with van der Waals surface area (Å²) >= 11 is 6.31. The van der Waals surface area contributed by atoms with Gasteiger partial charge in [-0.3, -0.25) is 4.79 Å². The molecule has 0 spiro atoms. The Morgan fingerprint density at radius 3 is 2.93 bits per heavy atom. The summed E-state index contributed by atoms with van der Waals surface area (Å²) in [5, 5.41) is 8.27. The van der Waals surface area contributed by atoms with E-state index < -0.39 is 0 Å². The quantitative estimate of drug-likeness (QED) is 0.687. The number of hydrogen-bond acceptors (Lipinski definition) is 3. The second-order valence-corrected chi connectivity index (χ2v) is 8.45. The molecule has 3 heterocycles. The van der Waals surface area contributed by atoms with Gasteiger partial charge < -0.3 is 9.88 Å². The number of nitrogens with zero attached hydrogens (tertiary/aromatic N) is 4. The minimum Gasteiger partial charge on any atom is -0.346 e. The number of aromatic nitrogens is 4. The maximum Gasteiger partial charge on any atom is 0.255 e. The van der Waals surface area contributed by atoms with Gasteiger partial charge in [0, 0.05) is 30.1 Å². The van der Waals surface area contributed by atoms with Crippen molar-refractivity contribution in [3.05, 3.63) is 64.0 Å². The average Bonchev–Trinajstić information content (AvgIpc) is 3.32. The summed E-state index contributed by atoms with van der Waals surface area (Å²) in [5.74, 6) is 1.41. The third kappa shape index (κ3) is 3.57. The van der Waals surface area contributed by atoms with Crippen LogP contribution in [-0.4, -0.2) is 25.2 Å². The topological polar surface area (TPSA) is 64.7 Å². The van der Waals surface area contributed by atoms with Crippen LogP contribution in [0, 0.1) is 6.92 Å². The number of carbonyl (C=O) groups excluding carboxylic acids is 1. The van der Waals surface area contributed by atoms with Crippen LogP contribution >= 0.6 is 11.6 Å². The van der Waals surface area contributed by atoms with E-state index in [0.29, 0.717) is 23.0 Å². The molecule has 1 fully saturated rings. The van der Waals surface area contributed by atoms with Gasteiger partial charge in [-0.1, -0.05) is 17.7 Å². The summed E-state index contributed by atoms with van der Waals surface area (Å²) in [5.41, 5.74) is 4.46. The molecule has 0 atom stereocenters. The zero-order valence-electron chi connectivity index (χ0n) is 16.5. The SMILES string of the molecule is Cc1ccc(-n2ncc(C(=O)NCc3cn4c(n3)CCCC4)c2C2CC2)cc1Cl. The lowest BCUT2D eigenvalue weighted by Crippen LogP contribution is -2.24. The molecule has 1 saturated carbocycles. The molecule has 7 heteroatoms. The molecule has 1 aromatic carbocycles. The summed E-state index contributed by atoms with van der Waals surface area (Å²) in [4.78, 5) is 17.6. The first-order chi connectivity index (χ1) is 14.1. The highest BCUT2D eigenvalue weighted by Crippen LogP contribution is 2.42. The smallest absolute Gasteiger partial charge is 0.255 e. The highest BCUT2D eigenvalue weighted by molar-refractivity contribution is 6.31. The second-order valence-electron chi connectivity index (χ2n) is 8.04. The summed E-state index contributed by atoms with van der Waals surface area (Å²) in [7, 11) is 0. The van der Waals surface area contributed by atoms with E-state index in [9.17, 15) is 4.79 Å². The van der Waals surface area contributed by atoms with Crippen molar-refractivity contribution in [3.63, 3.8) is 0 Å². The summed E-state index contributed by atoms with van der Waals surface area (Å²) in [6.45, 7) is 3.43. The molecule has 1 aliphatic carbocycles. The molecule has 150 valence electrons. The highest BCUT2D eigenvalue weighted by atomic mass is 35.5. The van der Waals surface area contributed by atoms with E-state index in [0.717, 1.165) is 54.3 Å². The molecule has 6 nitrogen and oxygen atoms in total. The first-order valence-electron chi connectivity index (χ1n) is 10.3. The van der Waals surface area contributed by atoms with Crippen LogP contribution in [0.2, 0.25) is 5.02 Å². The van der Waals surface area contributed by atoms with Gasteiger partial charge in [-0.15, -0.1) is 0 Å². The predicted octanol–water partition coefficient (Wildman–Crippen LogP) is 4.17. The molecule has 2 aromatic heterocycles. The summed E-state index contributed by atoms with van der Waals surface area (Å²) < 4.78 is 4.08. The van der Waals surface area contributed by atoms with E-state index in [4.69, 9.17) is 11.6 Å². The first-order valence-corrected chi connectivity index (χ1v) is 10.7. The van der Waals surface area contributed by atoms with Crippen molar-refractivity contribution >= 4 is 17.5 Å². The lowest BCUT2D eigenvalue weighted by Gasteiger charge is -2.11. The van der Waals surface area contributed by atoms with Crippen molar-refractivity contribution in [2.24, 2.45) is 0 Å². The van der Waals surface area contributed by atoms with Crippen molar-refractivity contribution in [1.82, 2.24) is 24.6 Å². The Morgan fingerprint density at radius 1 is 1.31 bits per heavy atom. The molecule has 3 aromatic rings. The van der Waals surface area contributed by atoms with Crippen molar-refractivity contribution < 1.29 is 4.79 Å². The van der Waals surface area contributed by atoms with E-state index in [1.54, 1.807) is 6.20 Å². The number of rotatable bonds is 5. The number of amides is 1. The molecule has 1 aliphatic heterocycles. The first kappa shape index (κ1) is 18.4. The number of fused-ring (bicyclic) bond motifs is 1. The van der Waals surface area contributed by atoms with Crippen molar-refractivity contribution in [3.8, 4) is 5.69 Å². The van der Waals surface area contributed by atoms with Crippen LogP contribution in [-0.2, 0) is 19.5 Å². The van der Waals surface area contributed by atoms with Gasteiger partial charge in [0.1, 0.15) is 5.82 Å². The maximum atomic E-state index is 13.0. The standard InChI is InChI=1S/C22H24ClN5O/c1-14-5-8-17(10-19(14)23)28-21(15-6-7-15)18(12-25-28)22(29)24-11-16-13-27-9-3-2-4-20(27)26-16/h5,8,10,12-13,15H,2-4,6-7,9,11H2,1H3,(H,24,29). The number of carbonyl (C=O) groups is 1. The van der Waals surface area contributed by atoms with Gasteiger partial charge >= 0.3 is 0 Å². The Bertz CT molecular complexity index is 1060. The van der Waals surface area contributed by atoms with E-state index >= 15 is 0 Å². The normalized spacial score (nSPS) is 15.9. The number of imidazole rings is 1. The van der Waals surface area contributed by atoms with Gasteiger partial charge in [-0.25, -0.2) is 9.67 Å². The van der Waals surface area contributed by atoms with Crippen LogP contribution in [0.4, 0.5) is 0 Å². The number of hydrogen-bond donors (Lipinski definition) is 1. The Labute approximate surface area is 174 Å². The van der Waals surface area contributed by atoms with Crippen LogP contribution in [0.1, 0.15) is 64.7 Å². The third-order valence-corrected chi connectivity index (χ3v) is 6.21. The van der Waals surface area contributed by atoms with Gasteiger partial charge in [0.05, 0.1) is 35.4 Å². The monoisotopic (exact) mass is 409 g/mol.